The van der Waals surface area contributed by atoms with Crippen LogP contribution in [0.15, 0.2) is 0 Å². The molecule has 1 saturated heterocycles. The zero-order chi connectivity index (χ0) is 39.3. The molecule has 50 heavy (non-hydrogen) atoms. The molecule has 0 spiro atoms. The van der Waals surface area contributed by atoms with E-state index in [1.807, 2.05) is 6.92 Å². The summed E-state index contributed by atoms with van der Waals surface area (Å²) in [6.45, 7) is 22.0. The summed E-state index contributed by atoms with van der Waals surface area (Å²) in [6, 6.07) is 0. The lowest BCUT2D eigenvalue weighted by Crippen LogP contribution is -2.36. The summed E-state index contributed by atoms with van der Waals surface area (Å²) in [5, 5.41) is 0. The number of hydrogen-bond acceptors (Lipinski definition) is 11. The van der Waals surface area contributed by atoms with E-state index in [0.29, 0.717) is 43.5 Å². The third-order valence-corrected chi connectivity index (χ3v) is 8.52. The van der Waals surface area contributed by atoms with Gasteiger partial charge >= 0.3 is 0 Å². The summed E-state index contributed by atoms with van der Waals surface area (Å²) in [6.07, 6.45) is 10.4. The average molecular weight is 729 g/mol. The van der Waals surface area contributed by atoms with Crippen molar-refractivity contribution in [1.82, 2.24) is 9.80 Å². The van der Waals surface area contributed by atoms with Crippen molar-refractivity contribution in [2.75, 3.05) is 103 Å². The highest BCUT2D eigenvalue weighted by molar-refractivity contribution is 5.75. The number of epoxide rings is 1. The first-order valence-corrected chi connectivity index (χ1v) is 19.0. The number of Topliss-reactive ketones (excluding diaryl/α,β-unsaturated/α-hetero) is 1. The first-order chi connectivity index (χ1) is 23.8. The number of ketones is 1. The smallest absolute Gasteiger partial charge is 0.132 e. The van der Waals surface area contributed by atoms with E-state index in [1.54, 1.807) is 56.7 Å². The fraction of sp³-hybridized carbons (Fsp3) is 0.974. The van der Waals surface area contributed by atoms with Crippen LogP contribution in [0.2, 0.25) is 0 Å². The molecule has 1 aliphatic rings. The molecular formula is C39H88N2O9. The average Bonchev–Trinajstić information content (AvgIpc) is 3.95. The normalized spacial score (nSPS) is 16.4. The van der Waals surface area contributed by atoms with Gasteiger partial charge < -0.3 is 47.7 Å². The van der Waals surface area contributed by atoms with Crippen molar-refractivity contribution < 1.29 is 44.1 Å². The number of rotatable bonds is 25. The number of likely N-dealkylation sites (N-methyl/N-ethyl adjacent to an activating group) is 2. The Labute approximate surface area is 312 Å². The molecule has 308 valence electrons. The van der Waals surface area contributed by atoms with Crippen molar-refractivity contribution in [3.05, 3.63) is 0 Å². The van der Waals surface area contributed by atoms with Crippen LogP contribution in [0.4, 0.5) is 0 Å². The first-order valence-electron chi connectivity index (χ1n) is 19.0. The van der Waals surface area contributed by atoms with Crippen LogP contribution in [0.5, 0.6) is 0 Å². The largest absolute Gasteiger partial charge is 0.382 e. The lowest BCUT2D eigenvalue weighted by molar-refractivity contribution is -0.119. The van der Waals surface area contributed by atoms with Gasteiger partial charge in [0.2, 0.25) is 0 Å². The molecule has 11 nitrogen and oxygen atoms in total. The van der Waals surface area contributed by atoms with Crippen molar-refractivity contribution in [3.8, 4) is 0 Å². The van der Waals surface area contributed by atoms with Crippen molar-refractivity contribution in [2.24, 2.45) is 0 Å². The second-order valence-electron chi connectivity index (χ2n) is 12.8. The summed E-state index contributed by atoms with van der Waals surface area (Å²) >= 11 is 0. The van der Waals surface area contributed by atoms with E-state index in [9.17, 15) is 4.79 Å². The second-order valence-corrected chi connectivity index (χ2v) is 12.8. The molecule has 0 aromatic rings. The topological polar surface area (TPSA) is 101 Å². The van der Waals surface area contributed by atoms with Crippen LogP contribution in [0, 0.1) is 0 Å². The van der Waals surface area contributed by atoms with Gasteiger partial charge in [-0.15, -0.1) is 0 Å². The minimum Gasteiger partial charge on any atom is -0.382 e. The Bertz CT molecular complexity index is 637. The molecule has 1 fully saturated rings. The van der Waals surface area contributed by atoms with Gasteiger partial charge in [0.05, 0.1) is 55.9 Å². The van der Waals surface area contributed by atoms with Crippen LogP contribution in [-0.4, -0.2) is 162 Å². The molecule has 1 heterocycles. The summed E-state index contributed by atoms with van der Waals surface area (Å²) in [7, 11) is 16.3. The van der Waals surface area contributed by atoms with Gasteiger partial charge in [0.25, 0.3) is 0 Å². The van der Waals surface area contributed by atoms with Crippen LogP contribution < -0.4 is 0 Å². The van der Waals surface area contributed by atoms with Gasteiger partial charge in [0.15, 0.2) is 0 Å². The van der Waals surface area contributed by atoms with Crippen molar-refractivity contribution in [3.63, 3.8) is 0 Å². The van der Waals surface area contributed by atoms with Gasteiger partial charge in [-0.2, -0.15) is 0 Å². The highest BCUT2D eigenvalue weighted by Crippen LogP contribution is 2.10. The SMILES string of the molecule is CCC(CC(C)=O)OC.CCC(CC)OC.CCC(CN(C)CC(CC)OC)OC.CCC(CN(C)CC1CO1)OC.CCC(COC)OC.[HH]. The third-order valence-electron chi connectivity index (χ3n) is 8.52. The van der Waals surface area contributed by atoms with Crippen LogP contribution in [0.1, 0.15) is 108 Å². The maximum Gasteiger partial charge on any atom is 0.132 e. The highest BCUT2D eigenvalue weighted by Gasteiger charge is 2.24. The molecule has 0 aromatic carbocycles. The van der Waals surface area contributed by atoms with E-state index in [0.717, 1.165) is 77.7 Å². The fourth-order valence-corrected chi connectivity index (χ4v) is 4.70. The van der Waals surface area contributed by atoms with Crippen molar-refractivity contribution >= 4 is 5.78 Å². The minimum absolute atomic E-state index is 0. The van der Waals surface area contributed by atoms with E-state index in [-0.39, 0.29) is 19.4 Å². The van der Waals surface area contributed by atoms with Gasteiger partial charge in [-0.1, -0.05) is 48.5 Å². The Kier molecular flexibility index (Phi) is 46.0. The number of carbonyl (C=O) groups is 1. The molecule has 0 aliphatic carbocycles. The van der Waals surface area contributed by atoms with E-state index >= 15 is 0 Å². The molecule has 0 bridgehead atoms. The van der Waals surface area contributed by atoms with Crippen molar-refractivity contribution in [1.29, 1.82) is 0 Å². The number of hydrogen-bond donors (Lipinski definition) is 0. The summed E-state index contributed by atoms with van der Waals surface area (Å²) < 4.78 is 41.0. The predicted octanol–water partition coefficient (Wildman–Crippen LogP) is 7.03. The third kappa shape index (κ3) is 38.5. The van der Waals surface area contributed by atoms with Crippen LogP contribution in [0.3, 0.4) is 0 Å². The lowest BCUT2D eigenvalue weighted by Gasteiger charge is -2.25. The minimum atomic E-state index is 0. The Morgan fingerprint density at radius 3 is 1.08 bits per heavy atom. The van der Waals surface area contributed by atoms with Gasteiger partial charge in [-0.25, -0.2) is 0 Å². The van der Waals surface area contributed by atoms with Gasteiger partial charge in [-0.05, 0) is 66.0 Å². The zero-order valence-corrected chi connectivity index (χ0v) is 36.0. The molecule has 6 atom stereocenters. The standard InChI is InChI=1S/C11H25NO2.C9H19NO2.C7H14O2.C6H14O2.C6H14O.H2/c1-6-10(13-4)8-12(3)9-11(7-2)14-5;1-4-8(11-3)5-10(2)6-9-7-12-9;1-4-7(9-3)5-6(2)8;1-4-6(8-3)5-7-2;1-4-6(5-2)7-3;/h10-11H,6-9H2,1-5H3;8-9H,4-7H2,1-3H3;7H,4-5H2,1-3H3;6H,4-5H2,1-3H3;6H,4-5H2,1-3H3;1H. The summed E-state index contributed by atoms with van der Waals surface area (Å²) in [5.74, 6) is 0.198. The Morgan fingerprint density at radius 2 is 0.900 bits per heavy atom. The molecule has 11 heteroatoms. The second kappa shape index (κ2) is 41.0. The molecular weight excluding hydrogens is 640 g/mol. The quantitative estimate of drug-likeness (QED) is 0.0907. The molecule has 6 unspecified atom stereocenters. The highest BCUT2D eigenvalue weighted by atomic mass is 16.6. The number of methoxy groups -OCH3 is 7. The molecule has 0 amide bonds. The first kappa shape index (κ1) is 56.0. The maximum absolute atomic E-state index is 10.5. The molecule has 0 N–H and O–H groups in total. The van der Waals surface area contributed by atoms with E-state index in [1.165, 1.54) is 0 Å². The molecule has 1 rings (SSSR count). The number of nitrogens with zero attached hydrogens (tertiary/aromatic N) is 2. The number of ether oxygens (including phenoxy) is 8. The maximum atomic E-state index is 10.5. The van der Waals surface area contributed by atoms with Gasteiger partial charge in [0, 0.05) is 83.8 Å². The molecule has 1 aliphatic heterocycles. The Hall–Kier alpha value is -0.730. The summed E-state index contributed by atoms with van der Waals surface area (Å²) in [5.41, 5.74) is 0. The zero-order valence-electron chi connectivity index (χ0n) is 36.0. The van der Waals surface area contributed by atoms with E-state index < -0.39 is 0 Å². The van der Waals surface area contributed by atoms with Gasteiger partial charge in [-0.3, -0.25) is 4.79 Å². The number of carbonyl (C=O) groups excluding carboxylic acids is 1. The van der Waals surface area contributed by atoms with E-state index in [2.05, 4.69) is 65.4 Å². The van der Waals surface area contributed by atoms with Crippen LogP contribution in [-0.2, 0) is 42.7 Å². The monoisotopic (exact) mass is 729 g/mol. The van der Waals surface area contributed by atoms with Crippen LogP contribution in [0.25, 0.3) is 0 Å². The fourth-order valence-electron chi connectivity index (χ4n) is 4.70. The lowest BCUT2D eigenvalue weighted by atomic mass is 10.1. The van der Waals surface area contributed by atoms with Crippen LogP contribution >= 0.6 is 0 Å². The van der Waals surface area contributed by atoms with Gasteiger partial charge in [0.1, 0.15) is 5.78 Å². The molecule has 0 saturated carbocycles. The molecule has 0 aromatic heterocycles. The Morgan fingerprint density at radius 1 is 0.580 bits per heavy atom. The Balaban J connectivity index is -0.000000176. The van der Waals surface area contributed by atoms with E-state index in [4.69, 9.17) is 37.9 Å². The van der Waals surface area contributed by atoms with Crippen molar-refractivity contribution in [2.45, 2.75) is 149 Å². The predicted molar refractivity (Wildman–Crippen MR) is 211 cm³/mol. The summed E-state index contributed by atoms with van der Waals surface area (Å²) in [4.78, 5) is 15.0. The molecule has 0 radical (unpaired) electrons.